The Hall–Kier alpha value is -4.01. The van der Waals surface area contributed by atoms with E-state index in [0.717, 1.165) is 73.0 Å². The van der Waals surface area contributed by atoms with E-state index in [9.17, 15) is 9.59 Å². The number of hydrogen-bond acceptors (Lipinski definition) is 5. The van der Waals surface area contributed by atoms with Crippen LogP contribution in [0.15, 0.2) is 79.1 Å². The molecule has 8 heteroatoms. The average Bonchev–Trinajstić information content (AvgIpc) is 3.59. The monoisotopic (exact) mass is 610 g/mol. The zero-order chi connectivity index (χ0) is 32.0. The highest BCUT2D eigenvalue weighted by Gasteiger charge is 2.24. The highest BCUT2D eigenvalue weighted by atomic mass is 16.2. The molecular weight excluding hydrogens is 560 g/mol. The summed E-state index contributed by atoms with van der Waals surface area (Å²) in [5.74, 6) is 0.513. The van der Waals surface area contributed by atoms with Crippen molar-refractivity contribution in [1.82, 2.24) is 30.8 Å². The topological polar surface area (TPSA) is 102 Å². The number of H-pyrrole nitrogens is 1. The second-order valence-electron chi connectivity index (χ2n) is 11.8. The number of fused-ring (bicyclic) bond motifs is 1. The van der Waals surface area contributed by atoms with Crippen LogP contribution in [0.1, 0.15) is 99.2 Å². The molecule has 3 atom stereocenters. The third kappa shape index (κ3) is 9.74. The summed E-state index contributed by atoms with van der Waals surface area (Å²) in [6.45, 7) is 12.1. The standard InChI is InChI=1S/C37H50N6O2/c1-5-23-43(24-6-2)25-11-16-34(37(45)41-27(4)31-15-10-13-29-12-8-9-14-32(29)31)42-36(44)30-19-17-28(18-20-30)26-40-33(7-3)35-38-21-22-39-35/h8-10,12-15,17-22,27,33-34,40H,5-7,11,16,23-26H2,1-4H3,(H,38,39)(H,41,45)(H,42,44)/t27-,33?,34-/m0/s1. The number of aromatic amines is 1. The van der Waals surface area contributed by atoms with Crippen molar-refractivity contribution in [2.45, 2.75) is 84.5 Å². The number of rotatable bonds is 18. The quantitative estimate of drug-likeness (QED) is 0.101. The van der Waals surface area contributed by atoms with Crippen LogP contribution in [0.2, 0.25) is 0 Å². The molecule has 2 amide bonds. The first-order valence-corrected chi connectivity index (χ1v) is 16.6. The van der Waals surface area contributed by atoms with Crippen LogP contribution < -0.4 is 16.0 Å². The maximum absolute atomic E-state index is 13.7. The zero-order valence-corrected chi connectivity index (χ0v) is 27.3. The molecule has 0 bridgehead atoms. The molecule has 8 nitrogen and oxygen atoms in total. The van der Waals surface area contributed by atoms with Gasteiger partial charge in [-0.15, -0.1) is 0 Å². The highest BCUT2D eigenvalue weighted by molar-refractivity contribution is 5.97. The maximum atomic E-state index is 13.7. The molecule has 4 N–H and O–H groups in total. The number of hydrogen-bond donors (Lipinski definition) is 4. The Morgan fingerprint density at radius 1 is 0.889 bits per heavy atom. The van der Waals surface area contributed by atoms with E-state index in [1.165, 1.54) is 0 Å². The van der Waals surface area contributed by atoms with E-state index in [-0.39, 0.29) is 23.9 Å². The summed E-state index contributed by atoms with van der Waals surface area (Å²) < 4.78 is 0. The summed E-state index contributed by atoms with van der Waals surface area (Å²) in [5.41, 5.74) is 2.67. The summed E-state index contributed by atoms with van der Waals surface area (Å²) in [7, 11) is 0. The van der Waals surface area contributed by atoms with Crippen molar-refractivity contribution >= 4 is 22.6 Å². The SMILES string of the molecule is CCCN(CCC)CCC[C@H](NC(=O)c1ccc(CNC(CC)c2ncc[nH]2)cc1)C(=O)N[C@@H](C)c1cccc2ccccc12. The molecular formula is C37H50N6O2. The molecule has 0 fully saturated rings. The third-order valence-electron chi connectivity index (χ3n) is 8.34. The molecule has 4 rings (SSSR count). The molecule has 0 spiro atoms. The molecule has 1 unspecified atom stereocenters. The Balaban J connectivity index is 1.42. The molecule has 45 heavy (non-hydrogen) atoms. The van der Waals surface area contributed by atoms with Gasteiger partial charge in [0.15, 0.2) is 0 Å². The molecule has 1 aromatic heterocycles. The average molecular weight is 611 g/mol. The van der Waals surface area contributed by atoms with Crippen molar-refractivity contribution in [1.29, 1.82) is 0 Å². The van der Waals surface area contributed by atoms with Crippen LogP contribution in [0.3, 0.4) is 0 Å². The van der Waals surface area contributed by atoms with Crippen LogP contribution >= 0.6 is 0 Å². The number of nitrogens with zero attached hydrogens (tertiary/aromatic N) is 2. The predicted octanol–water partition coefficient (Wildman–Crippen LogP) is 6.68. The van der Waals surface area contributed by atoms with Gasteiger partial charge in [0.1, 0.15) is 11.9 Å². The first-order chi connectivity index (χ1) is 21.9. The molecule has 1 heterocycles. The number of imidazole rings is 1. The summed E-state index contributed by atoms with van der Waals surface area (Å²) in [5, 5.41) is 12.0. The van der Waals surface area contributed by atoms with E-state index in [1.54, 1.807) is 6.20 Å². The molecule has 4 aromatic rings. The van der Waals surface area contributed by atoms with Crippen LogP contribution in [-0.4, -0.2) is 52.4 Å². The van der Waals surface area contributed by atoms with Crippen molar-refractivity contribution in [2.75, 3.05) is 19.6 Å². The third-order valence-corrected chi connectivity index (χ3v) is 8.34. The number of aromatic nitrogens is 2. The van der Waals surface area contributed by atoms with Crippen LogP contribution in [0, 0.1) is 0 Å². The van der Waals surface area contributed by atoms with Gasteiger partial charge >= 0.3 is 0 Å². The summed E-state index contributed by atoms with van der Waals surface area (Å²) in [6.07, 6.45) is 8.07. The lowest BCUT2D eigenvalue weighted by Gasteiger charge is -2.25. The maximum Gasteiger partial charge on any atom is 0.251 e. The van der Waals surface area contributed by atoms with Gasteiger partial charge in [0, 0.05) is 24.5 Å². The molecule has 0 radical (unpaired) electrons. The van der Waals surface area contributed by atoms with Gasteiger partial charge < -0.3 is 25.8 Å². The van der Waals surface area contributed by atoms with Crippen LogP contribution in [0.25, 0.3) is 10.8 Å². The largest absolute Gasteiger partial charge is 0.348 e. The second-order valence-corrected chi connectivity index (χ2v) is 11.8. The first-order valence-electron chi connectivity index (χ1n) is 16.6. The fourth-order valence-electron chi connectivity index (χ4n) is 5.93. The van der Waals surface area contributed by atoms with Gasteiger partial charge in [-0.1, -0.05) is 75.4 Å². The highest BCUT2D eigenvalue weighted by Crippen LogP contribution is 2.24. The van der Waals surface area contributed by atoms with Gasteiger partial charge in [-0.05, 0) is 92.7 Å². The Kier molecular flexibility index (Phi) is 13.2. The van der Waals surface area contributed by atoms with Crippen molar-refractivity contribution in [3.63, 3.8) is 0 Å². The minimum absolute atomic E-state index is 0.129. The van der Waals surface area contributed by atoms with Gasteiger partial charge in [-0.2, -0.15) is 0 Å². The zero-order valence-electron chi connectivity index (χ0n) is 27.3. The molecule has 0 saturated heterocycles. The van der Waals surface area contributed by atoms with Gasteiger partial charge in [-0.3, -0.25) is 9.59 Å². The summed E-state index contributed by atoms with van der Waals surface area (Å²) in [4.78, 5) is 37.2. The number of benzene rings is 3. The van der Waals surface area contributed by atoms with E-state index in [2.05, 4.69) is 75.9 Å². The minimum Gasteiger partial charge on any atom is -0.348 e. The number of carbonyl (C=O) groups excluding carboxylic acids is 2. The Labute approximate surface area is 268 Å². The van der Waals surface area contributed by atoms with E-state index in [1.807, 2.05) is 55.6 Å². The number of carbonyl (C=O) groups is 2. The molecule has 0 saturated carbocycles. The fourth-order valence-corrected chi connectivity index (χ4v) is 5.93. The van der Waals surface area contributed by atoms with E-state index < -0.39 is 6.04 Å². The Morgan fingerprint density at radius 3 is 2.31 bits per heavy atom. The lowest BCUT2D eigenvalue weighted by atomic mass is 9.99. The number of nitrogens with one attached hydrogen (secondary N) is 4. The lowest BCUT2D eigenvalue weighted by Crippen LogP contribution is -2.47. The van der Waals surface area contributed by atoms with Gasteiger partial charge in [0.25, 0.3) is 5.91 Å². The van der Waals surface area contributed by atoms with Crippen LogP contribution in [0.5, 0.6) is 0 Å². The Bertz CT molecular complexity index is 1460. The van der Waals surface area contributed by atoms with Crippen molar-refractivity contribution in [3.8, 4) is 0 Å². The second kappa shape index (κ2) is 17.5. The first kappa shape index (κ1) is 33.9. The predicted molar refractivity (Wildman–Crippen MR) is 183 cm³/mol. The molecule has 0 aliphatic carbocycles. The van der Waals surface area contributed by atoms with Gasteiger partial charge in [-0.25, -0.2) is 4.98 Å². The van der Waals surface area contributed by atoms with Gasteiger partial charge in [0.05, 0.1) is 12.1 Å². The smallest absolute Gasteiger partial charge is 0.251 e. The lowest BCUT2D eigenvalue weighted by molar-refractivity contribution is -0.123. The number of amides is 2. The summed E-state index contributed by atoms with van der Waals surface area (Å²) in [6, 6.07) is 21.2. The minimum atomic E-state index is -0.639. The molecule has 0 aliphatic rings. The fraction of sp³-hybridized carbons (Fsp3) is 0.432. The van der Waals surface area contributed by atoms with E-state index in [4.69, 9.17) is 0 Å². The molecule has 240 valence electrons. The van der Waals surface area contributed by atoms with Gasteiger partial charge in [0.2, 0.25) is 5.91 Å². The Morgan fingerprint density at radius 2 is 1.62 bits per heavy atom. The van der Waals surface area contributed by atoms with Crippen LogP contribution in [-0.2, 0) is 11.3 Å². The molecule has 3 aromatic carbocycles. The van der Waals surface area contributed by atoms with Crippen LogP contribution in [0.4, 0.5) is 0 Å². The normalized spacial score (nSPS) is 13.4. The molecule has 0 aliphatic heterocycles. The van der Waals surface area contributed by atoms with Crippen molar-refractivity contribution in [3.05, 3.63) is 102 Å². The van der Waals surface area contributed by atoms with Crippen molar-refractivity contribution in [2.24, 2.45) is 0 Å². The van der Waals surface area contributed by atoms with Crippen molar-refractivity contribution < 1.29 is 9.59 Å². The summed E-state index contributed by atoms with van der Waals surface area (Å²) >= 11 is 0. The van der Waals surface area contributed by atoms with E-state index in [0.29, 0.717) is 18.5 Å². The van der Waals surface area contributed by atoms with E-state index >= 15 is 0 Å².